The van der Waals surface area contributed by atoms with Gasteiger partial charge in [0.1, 0.15) is 11.9 Å². The van der Waals surface area contributed by atoms with Crippen LogP contribution in [0, 0.1) is 0 Å². The van der Waals surface area contributed by atoms with Crippen LogP contribution in [0.3, 0.4) is 0 Å². The van der Waals surface area contributed by atoms with Gasteiger partial charge in [-0.25, -0.2) is 0 Å². The summed E-state index contributed by atoms with van der Waals surface area (Å²) in [5.74, 6) is 0.635. The van der Waals surface area contributed by atoms with Crippen molar-refractivity contribution < 1.29 is 14.3 Å². The normalized spacial score (nSPS) is 13.9. The van der Waals surface area contributed by atoms with Crippen LogP contribution in [-0.2, 0) is 9.53 Å². The Morgan fingerprint density at radius 1 is 1.24 bits per heavy atom. The summed E-state index contributed by atoms with van der Waals surface area (Å²) in [5.41, 5.74) is 0.951. The van der Waals surface area contributed by atoms with Crippen molar-refractivity contribution in [2.45, 2.75) is 26.0 Å². The van der Waals surface area contributed by atoms with Crippen molar-refractivity contribution in [1.82, 2.24) is 5.32 Å². The van der Waals surface area contributed by atoms with E-state index < -0.39 is 6.10 Å². The van der Waals surface area contributed by atoms with Gasteiger partial charge in [0.05, 0.1) is 13.2 Å². The molecular formula is C13H19NO3. The summed E-state index contributed by atoms with van der Waals surface area (Å²) in [5, 5.41) is 2.88. The van der Waals surface area contributed by atoms with Gasteiger partial charge in [-0.2, -0.15) is 0 Å². The van der Waals surface area contributed by atoms with E-state index in [9.17, 15) is 4.79 Å². The second-order valence-electron chi connectivity index (χ2n) is 3.85. The Morgan fingerprint density at radius 3 is 2.47 bits per heavy atom. The van der Waals surface area contributed by atoms with Gasteiger partial charge in [-0.3, -0.25) is 4.79 Å². The summed E-state index contributed by atoms with van der Waals surface area (Å²) in [6.45, 7) is 3.63. The summed E-state index contributed by atoms with van der Waals surface area (Å²) in [7, 11) is 3.13. The van der Waals surface area contributed by atoms with Crippen molar-refractivity contribution in [3.63, 3.8) is 0 Å². The SMILES string of the molecule is COc1ccccc1[C@H](C)NC(=O)C(C)OC. The second-order valence-corrected chi connectivity index (χ2v) is 3.85. The van der Waals surface area contributed by atoms with E-state index in [-0.39, 0.29) is 11.9 Å². The van der Waals surface area contributed by atoms with E-state index in [4.69, 9.17) is 9.47 Å². The van der Waals surface area contributed by atoms with E-state index in [0.717, 1.165) is 11.3 Å². The number of benzene rings is 1. The number of ether oxygens (including phenoxy) is 2. The van der Waals surface area contributed by atoms with Gasteiger partial charge in [-0.15, -0.1) is 0 Å². The Balaban J connectivity index is 2.76. The first kappa shape index (κ1) is 13.5. The molecule has 17 heavy (non-hydrogen) atoms. The lowest BCUT2D eigenvalue weighted by atomic mass is 10.1. The van der Waals surface area contributed by atoms with Crippen LogP contribution in [-0.4, -0.2) is 26.2 Å². The lowest BCUT2D eigenvalue weighted by Gasteiger charge is -2.19. The zero-order valence-corrected chi connectivity index (χ0v) is 10.7. The van der Waals surface area contributed by atoms with Gasteiger partial charge < -0.3 is 14.8 Å². The highest BCUT2D eigenvalue weighted by molar-refractivity contribution is 5.80. The van der Waals surface area contributed by atoms with Crippen molar-refractivity contribution in [1.29, 1.82) is 0 Å². The van der Waals surface area contributed by atoms with E-state index in [1.54, 1.807) is 14.0 Å². The van der Waals surface area contributed by atoms with Crippen LogP contribution < -0.4 is 10.1 Å². The molecule has 0 spiro atoms. The van der Waals surface area contributed by atoms with Crippen LogP contribution in [0.2, 0.25) is 0 Å². The molecule has 0 saturated carbocycles. The Morgan fingerprint density at radius 2 is 1.88 bits per heavy atom. The third kappa shape index (κ3) is 3.46. The monoisotopic (exact) mass is 237 g/mol. The van der Waals surface area contributed by atoms with E-state index >= 15 is 0 Å². The van der Waals surface area contributed by atoms with Gasteiger partial charge in [0, 0.05) is 12.7 Å². The summed E-state index contributed by atoms with van der Waals surface area (Å²) in [6, 6.07) is 7.50. The van der Waals surface area contributed by atoms with Crippen molar-refractivity contribution >= 4 is 5.91 Å². The molecule has 0 bridgehead atoms. The smallest absolute Gasteiger partial charge is 0.249 e. The van der Waals surface area contributed by atoms with Crippen LogP contribution in [0.1, 0.15) is 25.5 Å². The molecule has 0 heterocycles. The molecule has 0 fully saturated rings. The zero-order valence-electron chi connectivity index (χ0n) is 10.7. The largest absolute Gasteiger partial charge is 0.496 e. The summed E-state index contributed by atoms with van der Waals surface area (Å²) >= 11 is 0. The number of carbonyl (C=O) groups is 1. The lowest BCUT2D eigenvalue weighted by molar-refractivity contribution is -0.130. The number of carbonyl (C=O) groups excluding carboxylic acids is 1. The van der Waals surface area contributed by atoms with Crippen LogP contribution in [0.15, 0.2) is 24.3 Å². The third-order valence-corrected chi connectivity index (χ3v) is 2.69. The molecule has 1 aromatic carbocycles. The van der Waals surface area contributed by atoms with E-state index in [2.05, 4.69) is 5.32 Å². The Hall–Kier alpha value is -1.55. The molecule has 1 aromatic rings. The van der Waals surface area contributed by atoms with E-state index in [1.807, 2.05) is 31.2 Å². The van der Waals surface area contributed by atoms with Gasteiger partial charge in [0.2, 0.25) is 5.91 Å². The maximum atomic E-state index is 11.7. The molecule has 1 rings (SSSR count). The quantitative estimate of drug-likeness (QED) is 0.851. The van der Waals surface area contributed by atoms with Crippen molar-refractivity contribution in [3.8, 4) is 5.75 Å². The van der Waals surface area contributed by atoms with Gasteiger partial charge in [-0.05, 0) is 19.9 Å². The van der Waals surface area contributed by atoms with Crippen LogP contribution in [0.25, 0.3) is 0 Å². The molecule has 1 N–H and O–H groups in total. The number of para-hydroxylation sites is 1. The highest BCUT2D eigenvalue weighted by Gasteiger charge is 2.17. The summed E-state index contributed by atoms with van der Waals surface area (Å²) in [4.78, 5) is 11.7. The van der Waals surface area contributed by atoms with Crippen LogP contribution in [0.5, 0.6) is 5.75 Å². The number of hydrogen-bond acceptors (Lipinski definition) is 3. The number of nitrogens with one attached hydrogen (secondary N) is 1. The van der Waals surface area contributed by atoms with Gasteiger partial charge >= 0.3 is 0 Å². The fourth-order valence-corrected chi connectivity index (χ4v) is 1.54. The number of amides is 1. The first-order valence-corrected chi connectivity index (χ1v) is 5.56. The Labute approximate surface area is 102 Å². The highest BCUT2D eigenvalue weighted by Crippen LogP contribution is 2.24. The molecule has 2 atom stereocenters. The van der Waals surface area contributed by atoms with E-state index in [1.165, 1.54) is 7.11 Å². The molecule has 0 radical (unpaired) electrons. The molecule has 94 valence electrons. The summed E-state index contributed by atoms with van der Waals surface area (Å²) < 4.78 is 10.2. The number of methoxy groups -OCH3 is 2. The van der Waals surface area contributed by atoms with Gasteiger partial charge in [0.15, 0.2) is 0 Å². The molecule has 0 aliphatic carbocycles. The first-order valence-electron chi connectivity index (χ1n) is 5.56. The van der Waals surface area contributed by atoms with Gasteiger partial charge in [-0.1, -0.05) is 18.2 Å². The Kier molecular flexibility index (Phi) is 4.97. The highest BCUT2D eigenvalue weighted by atomic mass is 16.5. The average molecular weight is 237 g/mol. The van der Waals surface area contributed by atoms with Crippen LogP contribution in [0.4, 0.5) is 0 Å². The molecule has 1 unspecified atom stereocenters. The molecule has 4 nitrogen and oxygen atoms in total. The Bertz CT molecular complexity index is 379. The molecule has 0 saturated heterocycles. The maximum Gasteiger partial charge on any atom is 0.249 e. The van der Waals surface area contributed by atoms with E-state index in [0.29, 0.717) is 0 Å². The minimum atomic E-state index is -0.452. The molecule has 4 heteroatoms. The number of hydrogen-bond donors (Lipinski definition) is 1. The predicted octanol–water partition coefficient (Wildman–Crippen LogP) is 1.91. The van der Waals surface area contributed by atoms with Crippen LogP contribution >= 0.6 is 0 Å². The fraction of sp³-hybridized carbons (Fsp3) is 0.462. The second kappa shape index (κ2) is 6.25. The lowest BCUT2D eigenvalue weighted by Crippen LogP contribution is -2.35. The first-order chi connectivity index (χ1) is 8.10. The summed E-state index contributed by atoms with van der Waals surface area (Å²) in [6.07, 6.45) is -0.452. The average Bonchev–Trinajstić information content (AvgIpc) is 2.37. The molecule has 0 aromatic heterocycles. The molecule has 0 aliphatic rings. The topological polar surface area (TPSA) is 47.6 Å². The van der Waals surface area contributed by atoms with Crippen molar-refractivity contribution in [2.75, 3.05) is 14.2 Å². The zero-order chi connectivity index (χ0) is 12.8. The van der Waals surface area contributed by atoms with Crippen molar-refractivity contribution in [3.05, 3.63) is 29.8 Å². The minimum Gasteiger partial charge on any atom is -0.496 e. The van der Waals surface area contributed by atoms with Gasteiger partial charge in [0.25, 0.3) is 0 Å². The maximum absolute atomic E-state index is 11.7. The number of rotatable bonds is 5. The standard InChI is InChI=1S/C13H19NO3/c1-9(14-13(15)10(2)16-3)11-7-5-6-8-12(11)17-4/h5-10H,1-4H3,(H,14,15)/t9-,10?/m0/s1. The van der Waals surface area contributed by atoms with Crippen molar-refractivity contribution in [2.24, 2.45) is 0 Å². The third-order valence-electron chi connectivity index (χ3n) is 2.69. The molecule has 0 aliphatic heterocycles. The molecular weight excluding hydrogens is 218 g/mol. The minimum absolute atomic E-state index is 0.115. The fourth-order valence-electron chi connectivity index (χ4n) is 1.54. The molecule has 1 amide bonds. The predicted molar refractivity (Wildman–Crippen MR) is 66.0 cm³/mol.